The predicted octanol–water partition coefficient (Wildman–Crippen LogP) is 3.87. The number of hydrogen-bond acceptors (Lipinski definition) is 8. The van der Waals surface area contributed by atoms with Gasteiger partial charge in [0.1, 0.15) is 25.0 Å². The summed E-state index contributed by atoms with van der Waals surface area (Å²) >= 11 is 11.7. The zero-order valence-electron chi connectivity index (χ0n) is 19.6. The molecule has 11 heteroatoms. The van der Waals surface area contributed by atoms with E-state index < -0.39 is 30.4 Å². The van der Waals surface area contributed by atoms with E-state index in [0.717, 1.165) is 0 Å². The quantitative estimate of drug-likeness (QED) is 0.313. The highest BCUT2D eigenvalue weighted by Crippen LogP contribution is 2.27. The summed E-state index contributed by atoms with van der Waals surface area (Å²) in [7, 11) is 3.11. The van der Waals surface area contributed by atoms with Crippen molar-refractivity contribution < 1.29 is 33.6 Å². The molecule has 1 aliphatic rings. The van der Waals surface area contributed by atoms with Crippen LogP contribution in [0.1, 0.15) is 40.5 Å². The Morgan fingerprint density at radius 3 is 2.00 bits per heavy atom. The van der Waals surface area contributed by atoms with Crippen LogP contribution in [0.3, 0.4) is 0 Å². The average Bonchev–Trinajstić information content (AvgIpc) is 3.29. The molecule has 1 heterocycles. The van der Waals surface area contributed by atoms with Gasteiger partial charge in [0.15, 0.2) is 0 Å². The highest BCUT2D eigenvalue weighted by atomic mass is 35.5. The number of nitrogens with two attached hydrogens (primary N) is 1. The molecule has 3 unspecified atom stereocenters. The van der Waals surface area contributed by atoms with E-state index in [2.05, 4.69) is 5.73 Å². The first kappa shape index (κ1) is 28.5. The Kier molecular flexibility index (Phi) is 11.4. The van der Waals surface area contributed by atoms with Crippen LogP contribution in [-0.4, -0.2) is 61.9 Å². The molecule has 3 rings (SSSR count). The number of carbonyl (C=O) groups is 3. The Labute approximate surface area is 213 Å². The predicted molar refractivity (Wildman–Crippen MR) is 130 cm³/mol. The molecular formula is C24H28Cl2N2O7. The minimum atomic E-state index is -0.767. The minimum absolute atomic E-state index is 0.129. The number of hydrogen-bond donors (Lipinski definition) is 1. The average molecular weight is 527 g/mol. The number of rotatable bonds is 8. The molecule has 1 fully saturated rings. The van der Waals surface area contributed by atoms with Crippen LogP contribution < -0.4 is 5.73 Å². The summed E-state index contributed by atoms with van der Waals surface area (Å²) in [5, 5.41) is 0.971. The fraction of sp³-hybridized carbons (Fsp3) is 0.375. The van der Waals surface area contributed by atoms with E-state index in [-0.39, 0.29) is 24.5 Å². The van der Waals surface area contributed by atoms with Crippen LogP contribution in [0.25, 0.3) is 0 Å². The summed E-state index contributed by atoms with van der Waals surface area (Å²) in [6.45, 7) is 1.57. The second-order valence-electron chi connectivity index (χ2n) is 7.34. The van der Waals surface area contributed by atoms with Crippen LogP contribution in [0.15, 0.2) is 48.5 Å². The number of carbonyl (C=O) groups excluding carboxylic acids is 3. The van der Waals surface area contributed by atoms with E-state index in [1.807, 2.05) is 0 Å². The molecule has 35 heavy (non-hydrogen) atoms. The summed E-state index contributed by atoms with van der Waals surface area (Å²) in [4.78, 5) is 48.5. The van der Waals surface area contributed by atoms with E-state index in [1.54, 1.807) is 50.4 Å². The van der Waals surface area contributed by atoms with E-state index >= 15 is 0 Å². The Hall–Kier alpha value is -2.69. The lowest BCUT2D eigenvalue weighted by molar-refractivity contribution is -0.283. The van der Waals surface area contributed by atoms with Crippen LogP contribution in [0, 0.1) is 0 Å². The third kappa shape index (κ3) is 8.19. The van der Waals surface area contributed by atoms with E-state index in [4.69, 9.17) is 42.5 Å². The Morgan fingerprint density at radius 2 is 1.49 bits per heavy atom. The number of nitrogens with zero attached hydrogens (tertiary/aromatic N) is 1. The molecule has 1 saturated heterocycles. The Morgan fingerprint density at radius 1 is 0.971 bits per heavy atom. The van der Waals surface area contributed by atoms with Crippen molar-refractivity contribution in [1.29, 1.82) is 0 Å². The fourth-order valence-corrected chi connectivity index (χ4v) is 3.42. The first-order chi connectivity index (χ1) is 16.8. The molecule has 1 amide bonds. The van der Waals surface area contributed by atoms with Crippen molar-refractivity contribution in [3.63, 3.8) is 0 Å². The van der Waals surface area contributed by atoms with Gasteiger partial charge in [0.05, 0.1) is 11.1 Å². The van der Waals surface area contributed by atoms with Crippen LogP contribution in [0.2, 0.25) is 10.0 Å². The van der Waals surface area contributed by atoms with Gasteiger partial charge >= 0.3 is 11.9 Å². The molecule has 0 bridgehead atoms. The number of halogens is 2. The first-order valence-electron chi connectivity index (χ1n) is 10.8. The molecule has 2 aromatic carbocycles. The summed E-state index contributed by atoms with van der Waals surface area (Å²) in [5.41, 5.74) is 5.07. The second kappa shape index (κ2) is 14.0. The fourth-order valence-electron chi connectivity index (χ4n) is 3.17. The largest absolute Gasteiger partial charge is 0.459 e. The normalized spacial score (nSPS) is 18.7. The maximum atomic E-state index is 12.3. The molecular weight excluding hydrogens is 499 g/mol. The van der Waals surface area contributed by atoms with Gasteiger partial charge in [0.25, 0.3) is 0 Å². The molecule has 2 aromatic rings. The summed E-state index contributed by atoms with van der Waals surface area (Å²) in [6, 6.07) is 12.3. The standard InChI is InChI=1S/C23H23Cl2NO7.CH5N/c1-3-20(27)26(2)21-12-18(32-33-23(29)15-6-10-17(25)11-7-15)19(31-21)13-30-22(28)14-4-8-16(24)9-5-14;1-2/h4-11,18-19,21H,3,12-13H2,1-2H3;2H2,1H3. The molecule has 0 aromatic heterocycles. The Bertz CT molecular complexity index is 917. The topological polar surface area (TPSA) is 117 Å². The summed E-state index contributed by atoms with van der Waals surface area (Å²) in [5.74, 6) is -1.42. The number of esters is 1. The highest BCUT2D eigenvalue weighted by Gasteiger charge is 2.41. The molecule has 190 valence electrons. The van der Waals surface area contributed by atoms with Crippen LogP contribution in [-0.2, 0) is 24.0 Å². The van der Waals surface area contributed by atoms with Crippen molar-refractivity contribution in [2.75, 3.05) is 20.7 Å². The van der Waals surface area contributed by atoms with Gasteiger partial charge < -0.3 is 20.1 Å². The summed E-state index contributed by atoms with van der Waals surface area (Å²) in [6.07, 6.45) is -1.65. The molecule has 0 saturated carbocycles. The molecule has 0 aliphatic carbocycles. The molecule has 0 radical (unpaired) electrons. The molecule has 0 spiro atoms. The van der Waals surface area contributed by atoms with Gasteiger partial charge in [-0.25, -0.2) is 9.59 Å². The van der Waals surface area contributed by atoms with Gasteiger partial charge in [-0.2, -0.15) is 4.89 Å². The summed E-state index contributed by atoms with van der Waals surface area (Å²) < 4.78 is 11.2. The second-order valence-corrected chi connectivity index (χ2v) is 8.21. The number of ether oxygens (including phenoxy) is 2. The lowest BCUT2D eigenvalue weighted by atomic mass is 10.2. The van der Waals surface area contributed by atoms with Gasteiger partial charge in [-0.05, 0) is 55.6 Å². The van der Waals surface area contributed by atoms with Crippen molar-refractivity contribution in [3.8, 4) is 0 Å². The van der Waals surface area contributed by atoms with Gasteiger partial charge in [-0.1, -0.05) is 30.1 Å². The first-order valence-corrected chi connectivity index (χ1v) is 11.6. The van der Waals surface area contributed by atoms with E-state index in [1.165, 1.54) is 24.1 Å². The minimum Gasteiger partial charge on any atom is -0.459 e. The van der Waals surface area contributed by atoms with Crippen LogP contribution in [0.5, 0.6) is 0 Å². The van der Waals surface area contributed by atoms with Gasteiger partial charge in [-0.15, -0.1) is 0 Å². The molecule has 9 nitrogen and oxygen atoms in total. The Balaban J connectivity index is 0.00000210. The number of amides is 1. The van der Waals surface area contributed by atoms with Gasteiger partial charge in [-0.3, -0.25) is 9.68 Å². The maximum absolute atomic E-state index is 12.3. The third-order valence-corrected chi connectivity index (χ3v) is 5.60. The van der Waals surface area contributed by atoms with Crippen molar-refractivity contribution in [2.24, 2.45) is 5.73 Å². The SMILES string of the molecule is CCC(=O)N(C)C1CC(OOC(=O)c2ccc(Cl)cc2)C(COC(=O)c2ccc(Cl)cc2)O1.CN. The van der Waals surface area contributed by atoms with Crippen LogP contribution >= 0.6 is 23.2 Å². The molecule has 1 aliphatic heterocycles. The third-order valence-electron chi connectivity index (χ3n) is 5.09. The zero-order valence-corrected chi connectivity index (χ0v) is 21.1. The zero-order chi connectivity index (χ0) is 26.0. The van der Waals surface area contributed by atoms with E-state index in [9.17, 15) is 14.4 Å². The highest BCUT2D eigenvalue weighted by molar-refractivity contribution is 6.30. The smallest absolute Gasteiger partial charge is 0.373 e. The van der Waals surface area contributed by atoms with Crippen molar-refractivity contribution in [2.45, 2.75) is 38.2 Å². The van der Waals surface area contributed by atoms with Crippen molar-refractivity contribution >= 4 is 41.0 Å². The van der Waals surface area contributed by atoms with Crippen molar-refractivity contribution in [1.82, 2.24) is 4.90 Å². The van der Waals surface area contributed by atoms with E-state index in [0.29, 0.717) is 22.0 Å². The lowest BCUT2D eigenvalue weighted by Crippen LogP contribution is -2.37. The maximum Gasteiger partial charge on any atom is 0.373 e. The van der Waals surface area contributed by atoms with Crippen LogP contribution in [0.4, 0.5) is 0 Å². The monoisotopic (exact) mass is 526 g/mol. The van der Waals surface area contributed by atoms with Gasteiger partial charge in [0, 0.05) is 29.9 Å². The molecule has 3 atom stereocenters. The van der Waals surface area contributed by atoms with Gasteiger partial charge in [0.2, 0.25) is 5.91 Å². The molecule has 2 N–H and O–H groups in total. The number of benzene rings is 2. The lowest BCUT2D eigenvalue weighted by Gasteiger charge is -2.23. The van der Waals surface area contributed by atoms with Crippen molar-refractivity contribution in [3.05, 3.63) is 69.7 Å².